The zero-order valence-corrected chi connectivity index (χ0v) is 12.3. The number of hydrogen-bond acceptors (Lipinski definition) is 3. The van der Waals surface area contributed by atoms with E-state index in [1.165, 1.54) is 6.20 Å². The predicted molar refractivity (Wildman–Crippen MR) is 75.1 cm³/mol. The van der Waals surface area contributed by atoms with Crippen LogP contribution in [0, 0.1) is 17.8 Å². The molecule has 2 N–H and O–H groups in total. The Morgan fingerprint density at radius 1 is 1.30 bits per heavy atom. The number of halogens is 1. The second-order valence-corrected chi connectivity index (χ2v) is 6.50. The molecule has 0 radical (unpaired) electrons. The van der Waals surface area contributed by atoms with Crippen LogP contribution in [0.4, 0.5) is 0 Å². The van der Waals surface area contributed by atoms with Gasteiger partial charge in [0.2, 0.25) is 0 Å². The zero-order chi connectivity index (χ0) is 14.3. The first-order chi connectivity index (χ1) is 9.56. The predicted octanol–water partition coefficient (Wildman–Crippen LogP) is 2.07. The highest BCUT2D eigenvalue weighted by Crippen LogP contribution is 2.48. The van der Waals surface area contributed by atoms with Gasteiger partial charge in [0, 0.05) is 22.9 Å². The number of carbonyl (C=O) groups excluding carboxylic acids is 1. The average molecular weight is 339 g/mol. The number of amides is 1. The van der Waals surface area contributed by atoms with E-state index in [0.29, 0.717) is 11.5 Å². The van der Waals surface area contributed by atoms with Gasteiger partial charge in [-0.3, -0.25) is 14.6 Å². The molecule has 4 unspecified atom stereocenters. The SMILES string of the molecule is O=C(NC1C2CCC(C2)C1C(=O)O)c1cncc(Br)c1. The lowest BCUT2D eigenvalue weighted by molar-refractivity contribution is -0.144. The number of aromatic nitrogens is 1. The summed E-state index contributed by atoms with van der Waals surface area (Å²) in [5.41, 5.74) is 0.450. The lowest BCUT2D eigenvalue weighted by Gasteiger charge is -2.28. The van der Waals surface area contributed by atoms with E-state index in [-0.39, 0.29) is 17.9 Å². The number of nitrogens with one attached hydrogen (secondary N) is 1. The molecule has 106 valence electrons. The summed E-state index contributed by atoms with van der Waals surface area (Å²) in [6.45, 7) is 0. The fourth-order valence-corrected chi connectivity index (χ4v) is 3.99. The Balaban J connectivity index is 1.77. The van der Waals surface area contributed by atoms with Crippen molar-refractivity contribution in [3.05, 3.63) is 28.5 Å². The van der Waals surface area contributed by atoms with Gasteiger partial charge in [-0.15, -0.1) is 0 Å². The third-order valence-corrected chi connectivity index (χ3v) is 4.90. The molecule has 2 saturated carbocycles. The quantitative estimate of drug-likeness (QED) is 0.884. The molecule has 1 aromatic rings. The third-order valence-electron chi connectivity index (χ3n) is 4.47. The molecule has 1 heterocycles. The van der Waals surface area contributed by atoms with Crippen LogP contribution in [0.1, 0.15) is 29.6 Å². The van der Waals surface area contributed by atoms with Crippen LogP contribution in [0.2, 0.25) is 0 Å². The number of aliphatic carboxylic acids is 1. The number of carbonyl (C=O) groups is 2. The molecule has 1 amide bonds. The second-order valence-electron chi connectivity index (χ2n) is 5.59. The van der Waals surface area contributed by atoms with E-state index in [1.807, 2.05) is 0 Å². The van der Waals surface area contributed by atoms with E-state index < -0.39 is 11.9 Å². The van der Waals surface area contributed by atoms with Crippen molar-refractivity contribution in [2.24, 2.45) is 17.8 Å². The maximum Gasteiger partial charge on any atom is 0.308 e. The largest absolute Gasteiger partial charge is 0.481 e. The number of carboxylic acids is 1. The highest BCUT2D eigenvalue weighted by Gasteiger charge is 2.51. The molecule has 20 heavy (non-hydrogen) atoms. The standard InChI is InChI=1S/C14H15BrN2O3/c15-10-4-9(5-16-6-10)13(18)17-12-8-2-1-7(3-8)11(12)14(19)20/h4-8,11-12H,1-3H2,(H,17,18)(H,19,20). The van der Waals surface area contributed by atoms with E-state index in [1.54, 1.807) is 12.3 Å². The van der Waals surface area contributed by atoms with Gasteiger partial charge in [-0.05, 0) is 53.1 Å². The second kappa shape index (κ2) is 5.16. The molecule has 0 saturated heterocycles. The summed E-state index contributed by atoms with van der Waals surface area (Å²) >= 11 is 3.27. The van der Waals surface area contributed by atoms with Crippen molar-refractivity contribution in [1.29, 1.82) is 0 Å². The Morgan fingerprint density at radius 3 is 2.75 bits per heavy atom. The summed E-state index contributed by atoms with van der Waals surface area (Å²) in [6.07, 6.45) is 5.98. The van der Waals surface area contributed by atoms with Crippen LogP contribution in [-0.2, 0) is 4.79 Å². The normalized spacial score (nSPS) is 31.2. The van der Waals surface area contributed by atoms with Crippen LogP contribution < -0.4 is 5.32 Å². The van der Waals surface area contributed by atoms with Crippen LogP contribution in [0.3, 0.4) is 0 Å². The van der Waals surface area contributed by atoms with Gasteiger partial charge >= 0.3 is 5.97 Å². The minimum absolute atomic E-state index is 0.212. The first kappa shape index (κ1) is 13.5. The van der Waals surface area contributed by atoms with Gasteiger partial charge in [-0.25, -0.2) is 0 Å². The van der Waals surface area contributed by atoms with E-state index in [4.69, 9.17) is 0 Å². The summed E-state index contributed by atoms with van der Waals surface area (Å²) in [5.74, 6) is -0.983. The van der Waals surface area contributed by atoms with Crippen molar-refractivity contribution < 1.29 is 14.7 Å². The average Bonchev–Trinajstić information content (AvgIpc) is 2.99. The molecule has 0 aliphatic heterocycles. The van der Waals surface area contributed by atoms with Crippen LogP contribution in [0.15, 0.2) is 22.9 Å². The molecule has 0 aromatic carbocycles. The van der Waals surface area contributed by atoms with Crippen molar-refractivity contribution >= 4 is 27.8 Å². The number of fused-ring (bicyclic) bond motifs is 2. The number of nitrogens with zero attached hydrogens (tertiary/aromatic N) is 1. The van der Waals surface area contributed by atoms with Gasteiger partial charge in [0.25, 0.3) is 5.91 Å². The Labute approximate surface area is 124 Å². The summed E-state index contributed by atoms with van der Waals surface area (Å²) < 4.78 is 0.730. The number of hydrogen-bond donors (Lipinski definition) is 2. The summed E-state index contributed by atoms with van der Waals surface area (Å²) in [6, 6.07) is 1.43. The van der Waals surface area contributed by atoms with Crippen molar-refractivity contribution in [2.75, 3.05) is 0 Å². The summed E-state index contributed by atoms with van der Waals surface area (Å²) in [7, 11) is 0. The molecule has 2 aliphatic carbocycles. The molecular formula is C14H15BrN2O3. The van der Waals surface area contributed by atoms with Gasteiger partial charge in [0.05, 0.1) is 11.5 Å². The molecule has 4 atom stereocenters. The minimum Gasteiger partial charge on any atom is -0.481 e. The first-order valence-electron chi connectivity index (χ1n) is 6.70. The highest BCUT2D eigenvalue weighted by molar-refractivity contribution is 9.10. The minimum atomic E-state index is -0.796. The van der Waals surface area contributed by atoms with E-state index in [9.17, 15) is 14.7 Å². The van der Waals surface area contributed by atoms with Crippen molar-refractivity contribution in [2.45, 2.75) is 25.3 Å². The molecule has 2 bridgehead atoms. The topological polar surface area (TPSA) is 79.3 Å². The Hall–Kier alpha value is -1.43. The van der Waals surface area contributed by atoms with Gasteiger partial charge in [-0.1, -0.05) is 0 Å². The molecule has 2 fully saturated rings. The molecular weight excluding hydrogens is 324 g/mol. The van der Waals surface area contributed by atoms with Crippen molar-refractivity contribution in [3.63, 3.8) is 0 Å². The first-order valence-corrected chi connectivity index (χ1v) is 7.50. The highest BCUT2D eigenvalue weighted by atomic mass is 79.9. The number of carboxylic acid groups (broad SMARTS) is 1. The zero-order valence-electron chi connectivity index (χ0n) is 10.8. The van der Waals surface area contributed by atoms with Gasteiger partial charge in [0.15, 0.2) is 0 Å². The lowest BCUT2D eigenvalue weighted by atomic mass is 9.84. The molecule has 2 aliphatic rings. The van der Waals surface area contributed by atoms with E-state index in [2.05, 4.69) is 26.2 Å². The van der Waals surface area contributed by atoms with E-state index in [0.717, 1.165) is 23.7 Å². The Kier molecular flexibility index (Phi) is 3.50. The van der Waals surface area contributed by atoms with Crippen LogP contribution in [0.25, 0.3) is 0 Å². The number of rotatable bonds is 3. The maximum absolute atomic E-state index is 12.2. The van der Waals surface area contributed by atoms with Crippen LogP contribution >= 0.6 is 15.9 Å². The van der Waals surface area contributed by atoms with Crippen LogP contribution in [0.5, 0.6) is 0 Å². The van der Waals surface area contributed by atoms with Crippen molar-refractivity contribution in [1.82, 2.24) is 10.3 Å². The molecule has 3 rings (SSSR count). The number of pyridine rings is 1. The Morgan fingerprint density at radius 2 is 2.05 bits per heavy atom. The molecule has 1 aromatic heterocycles. The smallest absolute Gasteiger partial charge is 0.308 e. The molecule has 0 spiro atoms. The molecule has 6 heteroatoms. The third kappa shape index (κ3) is 2.32. The molecule has 5 nitrogen and oxygen atoms in total. The lowest BCUT2D eigenvalue weighted by Crippen LogP contribution is -2.46. The Bertz CT molecular complexity index is 563. The van der Waals surface area contributed by atoms with Gasteiger partial charge < -0.3 is 10.4 Å². The van der Waals surface area contributed by atoms with Gasteiger partial charge in [-0.2, -0.15) is 0 Å². The monoisotopic (exact) mass is 338 g/mol. The van der Waals surface area contributed by atoms with Crippen LogP contribution in [-0.4, -0.2) is 28.0 Å². The summed E-state index contributed by atoms with van der Waals surface area (Å²) in [4.78, 5) is 27.6. The fraction of sp³-hybridized carbons (Fsp3) is 0.500. The van der Waals surface area contributed by atoms with Crippen molar-refractivity contribution in [3.8, 4) is 0 Å². The van der Waals surface area contributed by atoms with E-state index >= 15 is 0 Å². The fourth-order valence-electron chi connectivity index (χ4n) is 3.63. The summed E-state index contributed by atoms with van der Waals surface area (Å²) in [5, 5.41) is 12.3. The van der Waals surface area contributed by atoms with Gasteiger partial charge in [0.1, 0.15) is 0 Å². The maximum atomic E-state index is 12.2.